The first-order chi connectivity index (χ1) is 9.56. The Morgan fingerprint density at radius 3 is 2.45 bits per heavy atom. The van der Waals surface area contributed by atoms with Crippen molar-refractivity contribution in [1.82, 2.24) is 9.97 Å². The van der Waals surface area contributed by atoms with Gasteiger partial charge in [0.05, 0.1) is 10.5 Å². The number of hydrogen-bond acceptors (Lipinski definition) is 2. The van der Waals surface area contributed by atoms with Gasteiger partial charge in [0.1, 0.15) is 5.15 Å². The Morgan fingerprint density at radius 2 is 1.70 bits per heavy atom. The van der Waals surface area contributed by atoms with Gasteiger partial charge in [0, 0.05) is 10.9 Å². The number of hydrogen-bond donors (Lipinski definition) is 0. The van der Waals surface area contributed by atoms with Crippen LogP contribution in [0, 0.1) is 13.8 Å². The summed E-state index contributed by atoms with van der Waals surface area (Å²) >= 11 is 12.5. The molecule has 0 aliphatic carbocycles. The zero-order valence-corrected chi connectivity index (χ0v) is 12.6. The minimum atomic E-state index is 0.461. The largest absolute Gasteiger partial charge is 0.228 e. The van der Waals surface area contributed by atoms with E-state index in [-0.39, 0.29) is 0 Å². The molecule has 0 fully saturated rings. The van der Waals surface area contributed by atoms with Gasteiger partial charge in [-0.2, -0.15) is 0 Å². The normalized spacial score (nSPS) is 11.0. The Bertz CT molecular complexity index is 813. The number of rotatable bonds is 1. The summed E-state index contributed by atoms with van der Waals surface area (Å²) in [4.78, 5) is 9.00. The van der Waals surface area contributed by atoms with E-state index in [1.807, 2.05) is 44.2 Å². The van der Waals surface area contributed by atoms with Gasteiger partial charge in [-0.1, -0.05) is 41.4 Å². The lowest BCUT2D eigenvalue weighted by atomic mass is 10.1. The molecule has 0 saturated heterocycles. The molecular formula is C16H12Cl2N2. The maximum absolute atomic E-state index is 6.33. The highest BCUT2D eigenvalue weighted by Gasteiger charge is 2.12. The molecule has 1 aromatic heterocycles. The van der Waals surface area contributed by atoms with Crippen LogP contribution in [-0.4, -0.2) is 9.97 Å². The van der Waals surface area contributed by atoms with Gasteiger partial charge in [-0.25, -0.2) is 9.97 Å². The molecule has 0 radical (unpaired) electrons. The van der Waals surface area contributed by atoms with E-state index in [9.17, 15) is 0 Å². The molecule has 0 atom stereocenters. The van der Waals surface area contributed by atoms with E-state index in [0.717, 1.165) is 27.6 Å². The monoisotopic (exact) mass is 302 g/mol. The molecule has 0 amide bonds. The van der Waals surface area contributed by atoms with Crippen molar-refractivity contribution in [2.45, 2.75) is 13.8 Å². The van der Waals surface area contributed by atoms with Gasteiger partial charge in [-0.15, -0.1) is 0 Å². The minimum absolute atomic E-state index is 0.461. The predicted octanol–water partition coefficient (Wildman–Crippen LogP) is 5.22. The van der Waals surface area contributed by atoms with Crippen molar-refractivity contribution in [3.05, 3.63) is 57.7 Å². The molecule has 0 saturated carbocycles. The van der Waals surface area contributed by atoms with E-state index >= 15 is 0 Å². The molecule has 1 heterocycles. The first-order valence-corrected chi connectivity index (χ1v) is 7.01. The summed E-state index contributed by atoms with van der Waals surface area (Å²) in [6.45, 7) is 4.05. The fourth-order valence-corrected chi connectivity index (χ4v) is 2.90. The van der Waals surface area contributed by atoms with Crippen molar-refractivity contribution < 1.29 is 0 Å². The first kappa shape index (κ1) is 13.3. The van der Waals surface area contributed by atoms with Crippen LogP contribution in [0.4, 0.5) is 0 Å². The molecule has 2 aromatic carbocycles. The molecule has 3 aromatic rings. The Kier molecular flexibility index (Phi) is 3.36. The summed E-state index contributed by atoms with van der Waals surface area (Å²) in [7, 11) is 0. The first-order valence-electron chi connectivity index (χ1n) is 6.25. The second-order valence-corrected chi connectivity index (χ2v) is 5.56. The summed E-state index contributed by atoms with van der Waals surface area (Å²) in [6.07, 6.45) is 0. The molecule has 4 heteroatoms. The molecule has 0 N–H and O–H groups in total. The van der Waals surface area contributed by atoms with E-state index < -0.39 is 0 Å². The van der Waals surface area contributed by atoms with Crippen molar-refractivity contribution in [3.63, 3.8) is 0 Å². The average Bonchev–Trinajstić information content (AvgIpc) is 2.37. The molecule has 3 rings (SSSR count). The van der Waals surface area contributed by atoms with E-state index in [1.165, 1.54) is 0 Å². The Morgan fingerprint density at radius 1 is 0.950 bits per heavy atom. The lowest BCUT2D eigenvalue weighted by molar-refractivity contribution is 1.22. The highest BCUT2D eigenvalue weighted by Crippen LogP contribution is 2.30. The Labute approximate surface area is 127 Å². The van der Waals surface area contributed by atoms with E-state index in [2.05, 4.69) is 16.0 Å². The van der Waals surface area contributed by atoms with Gasteiger partial charge in [-0.05, 0) is 43.2 Å². The second-order valence-electron chi connectivity index (χ2n) is 4.79. The highest BCUT2D eigenvalue weighted by molar-refractivity contribution is 6.35. The van der Waals surface area contributed by atoms with Crippen LogP contribution in [0.15, 0.2) is 36.4 Å². The number of aromatic nitrogens is 2. The van der Waals surface area contributed by atoms with Crippen molar-refractivity contribution in [1.29, 1.82) is 0 Å². The number of nitrogens with zero attached hydrogens (tertiary/aromatic N) is 2. The summed E-state index contributed by atoms with van der Waals surface area (Å²) in [5, 5.41) is 1.97. The van der Waals surface area contributed by atoms with Crippen LogP contribution in [0.2, 0.25) is 10.2 Å². The number of fused-ring (bicyclic) bond motifs is 1. The van der Waals surface area contributed by atoms with Crippen LogP contribution >= 0.6 is 23.2 Å². The molecule has 100 valence electrons. The topological polar surface area (TPSA) is 25.8 Å². The SMILES string of the molecule is Cc1cc(C)c2c(Cl)nc(-c3ccccc3Cl)nc2c1. The fourth-order valence-electron chi connectivity index (χ4n) is 2.35. The summed E-state index contributed by atoms with van der Waals surface area (Å²) < 4.78 is 0. The van der Waals surface area contributed by atoms with Crippen molar-refractivity contribution >= 4 is 34.1 Å². The van der Waals surface area contributed by atoms with E-state index in [0.29, 0.717) is 16.0 Å². The van der Waals surface area contributed by atoms with Gasteiger partial charge in [0.25, 0.3) is 0 Å². The van der Waals surface area contributed by atoms with Crippen LogP contribution in [-0.2, 0) is 0 Å². The predicted molar refractivity (Wildman–Crippen MR) is 84.5 cm³/mol. The lowest BCUT2D eigenvalue weighted by Gasteiger charge is -2.09. The van der Waals surface area contributed by atoms with Crippen molar-refractivity contribution in [2.24, 2.45) is 0 Å². The third-order valence-electron chi connectivity index (χ3n) is 3.21. The fraction of sp³-hybridized carbons (Fsp3) is 0.125. The highest BCUT2D eigenvalue weighted by atomic mass is 35.5. The molecule has 0 spiro atoms. The van der Waals surface area contributed by atoms with Crippen molar-refractivity contribution in [2.75, 3.05) is 0 Å². The van der Waals surface area contributed by atoms with Crippen LogP contribution in [0.3, 0.4) is 0 Å². The molecule has 0 unspecified atom stereocenters. The van der Waals surface area contributed by atoms with Gasteiger partial charge >= 0.3 is 0 Å². The van der Waals surface area contributed by atoms with E-state index in [1.54, 1.807) is 0 Å². The number of aryl methyl sites for hydroxylation is 2. The van der Waals surface area contributed by atoms with Crippen LogP contribution < -0.4 is 0 Å². The number of benzene rings is 2. The van der Waals surface area contributed by atoms with Crippen LogP contribution in [0.1, 0.15) is 11.1 Å². The molecular weight excluding hydrogens is 291 g/mol. The van der Waals surface area contributed by atoms with Gasteiger partial charge in [0.2, 0.25) is 0 Å². The zero-order chi connectivity index (χ0) is 14.3. The average molecular weight is 303 g/mol. The van der Waals surface area contributed by atoms with Gasteiger partial charge in [0.15, 0.2) is 5.82 Å². The summed E-state index contributed by atoms with van der Waals surface area (Å²) in [5.41, 5.74) is 3.86. The maximum Gasteiger partial charge on any atom is 0.162 e. The summed E-state index contributed by atoms with van der Waals surface area (Å²) in [5.74, 6) is 0.554. The van der Waals surface area contributed by atoms with Crippen LogP contribution in [0.25, 0.3) is 22.3 Å². The second kappa shape index (κ2) is 5.04. The molecule has 0 aliphatic rings. The minimum Gasteiger partial charge on any atom is -0.228 e. The maximum atomic E-state index is 6.33. The van der Waals surface area contributed by atoms with Crippen LogP contribution in [0.5, 0.6) is 0 Å². The number of halogens is 2. The third-order valence-corrected chi connectivity index (χ3v) is 3.81. The quantitative estimate of drug-likeness (QED) is 0.576. The Hall–Kier alpha value is -1.64. The zero-order valence-electron chi connectivity index (χ0n) is 11.1. The molecule has 20 heavy (non-hydrogen) atoms. The lowest BCUT2D eigenvalue weighted by Crippen LogP contribution is -1.94. The van der Waals surface area contributed by atoms with E-state index in [4.69, 9.17) is 23.2 Å². The van der Waals surface area contributed by atoms with Crippen molar-refractivity contribution in [3.8, 4) is 11.4 Å². The molecule has 2 nitrogen and oxygen atoms in total. The van der Waals surface area contributed by atoms with Gasteiger partial charge < -0.3 is 0 Å². The molecule has 0 bridgehead atoms. The summed E-state index contributed by atoms with van der Waals surface area (Å²) in [6, 6.07) is 11.6. The standard InChI is InChI=1S/C16H12Cl2N2/c1-9-7-10(2)14-13(8-9)19-16(20-15(14)18)11-5-3-4-6-12(11)17/h3-8H,1-2H3. The third kappa shape index (κ3) is 2.26. The smallest absolute Gasteiger partial charge is 0.162 e. The van der Waals surface area contributed by atoms with Gasteiger partial charge in [-0.3, -0.25) is 0 Å². The molecule has 0 aliphatic heterocycles. The Balaban J connectivity index is 2.33.